The molecule has 0 unspecified atom stereocenters. The molecule has 0 aliphatic heterocycles. The van der Waals surface area contributed by atoms with Crippen molar-refractivity contribution in [3.63, 3.8) is 0 Å². The fourth-order valence-electron chi connectivity index (χ4n) is 1.89. The lowest BCUT2D eigenvalue weighted by Gasteiger charge is -2.04. The molecule has 0 radical (unpaired) electrons. The summed E-state index contributed by atoms with van der Waals surface area (Å²) in [6.07, 6.45) is 3.48. The van der Waals surface area contributed by atoms with Crippen molar-refractivity contribution in [2.45, 2.75) is 49.4 Å². The summed E-state index contributed by atoms with van der Waals surface area (Å²) < 4.78 is 5.18. The Bertz CT molecular complexity index is 549. The molecule has 0 amide bonds. The van der Waals surface area contributed by atoms with Gasteiger partial charge in [-0.2, -0.15) is 4.98 Å². The van der Waals surface area contributed by atoms with Crippen molar-refractivity contribution in [3.05, 3.63) is 41.5 Å². The first kappa shape index (κ1) is 13.6. The molecule has 1 heterocycles. The molecule has 0 bridgehead atoms. The van der Waals surface area contributed by atoms with E-state index >= 15 is 0 Å². The molecule has 1 fully saturated rings. The SMILES string of the molecule is CCc1noc(CSc2ccc(CNC3CC3)cc2)n1. The molecule has 1 aromatic heterocycles. The second-order valence-corrected chi connectivity index (χ2v) is 6.09. The number of aryl methyl sites for hydroxylation is 1. The molecule has 20 heavy (non-hydrogen) atoms. The molecule has 0 spiro atoms. The number of aromatic nitrogens is 2. The summed E-state index contributed by atoms with van der Waals surface area (Å²) in [7, 11) is 0. The minimum Gasteiger partial charge on any atom is -0.338 e. The predicted molar refractivity (Wildman–Crippen MR) is 79.5 cm³/mol. The van der Waals surface area contributed by atoms with E-state index in [2.05, 4.69) is 39.7 Å². The monoisotopic (exact) mass is 289 g/mol. The molecule has 4 nitrogen and oxygen atoms in total. The summed E-state index contributed by atoms with van der Waals surface area (Å²) in [6, 6.07) is 9.44. The average molecular weight is 289 g/mol. The van der Waals surface area contributed by atoms with Gasteiger partial charge in [-0.1, -0.05) is 24.2 Å². The topological polar surface area (TPSA) is 51.0 Å². The van der Waals surface area contributed by atoms with Crippen molar-refractivity contribution in [2.75, 3.05) is 0 Å². The Balaban J connectivity index is 1.49. The van der Waals surface area contributed by atoms with Crippen molar-refractivity contribution in [1.29, 1.82) is 0 Å². The number of nitrogens with zero attached hydrogens (tertiary/aromatic N) is 2. The zero-order chi connectivity index (χ0) is 13.8. The van der Waals surface area contributed by atoms with Crippen molar-refractivity contribution in [3.8, 4) is 0 Å². The van der Waals surface area contributed by atoms with E-state index in [1.165, 1.54) is 23.3 Å². The third-order valence-electron chi connectivity index (χ3n) is 3.28. The van der Waals surface area contributed by atoms with Crippen LogP contribution in [-0.2, 0) is 18.7 Å². The zero-order valence-corrected chi connectivity index (χ0v) is 12.4. The van der Waals surface area contributed by atoms with Crippen LogP contribution in [0.1, 0.15) is 37.0 Å². The summed E-state index contributed by atoms with van der Waals surface area (Å²) in [5.74, 6) is 2.21. The highest BCUT2D eigenvalue weighted by molar-refractivity contribution is 7.98. The van der Waals surface area contributed by atoms with Gasteiger partial charge >= 0.3 is 0 Å². The molecule has 1 N–H and O–H groups in total. The van der Waals surface area contributed by atoms with Gasteiger partial charge in [0.15, 0.2) is 5.82 Å². The smallest absolute Gasteiger partial charge is 0.237 e. The summed E-state index contributed by atoms with van der Waals surface area (Å²) in [4.78, 5) is 5.54. The van der Waals surface area contributed by atoms with Crippen molar-refractivity contribution >= 4 is 11.8 Å². The average Bonchev–Trinajstić information content (AvgIpc) is 3.21. The maximum Gasteiger partial charge on any atom is 0.237 e. The molecule has 5 heteroatoms. The van der Waals surface area contributed by atoms with Crippen LogP contribution in [0.3, 0.4) is 0 Å². The molecular weight excluding hydrogens is 270 g/mol. The van der Waals surface area contributed by atoms with E-state index in [0.717, 1.165) is 30.6 Å². The molecule has 1 aliphatic carbocycles. The predicted octanol–water partition coefficient (Wildman–Crippen LogP) is 3.18. The van der Waals surface area contributed by atoms with Gasteiger partial charge in [0.05, 0.1) is 5.75 Å². The molecule has 106 valence electrons. The van der Waals surface area contributed by atoms with E-state index in [-0.39, 0.29) is 0 Å². The van der Waals surface area contributed by atoms with Crippen LogP contribution in [0.4, 0.5) is 0 Å². The Morgan fingerprint density at radius 2 is 2.10 bits per heavy atom. The van der Waals surface area contributed by atoms with Crippen LogP contribution in [-0.4, -0.2) is 16.2 Å². The highest BCUT2D eigenvalue weighted by atomic mass is 32.2. The third kappa shape index (κ3) is 3.84. The van der Waals surface area contributed by atoms with Crippen LogP contribution in [0.2, 0.25) is 0 Å². The van der Waals surface area contributed by atoms with E-state index in [1.807, 2.05) is 6.92 Å². The van der Waals surface area contributed by atoms with Crippen LogP contribution >= 0.6 is 11.8 Å². The lowest BCUT2D eigenvalue weighted by atomic mass is 10.2. The molecule has 0 saturated heterocycles. The number of hydrogen-bond acceptors (Lipinski definition) is 5. The Labute approximate surface area is 123 Å². The van der Waals surface area contributed by atoms with E-state index in [1.54, 1.807) is 11.8 Å². The lowest BCUT2D eigenvalue weighted by molar-refractivity contribution is 0.385. The van der Waals surface area contributed by atoms with Gasteiger partial charge in [-0.15, -0.1) is 11.8 Å². The molecule has 0 atom stereocenters. The van der Waals surface area contributed by atoms with Gasteiger partial charge < -0.3 is 9.84 Å². The molecule has 1 aliphatic rings. The zero-order valence-electron chi connectivity index (χ0n) is 11.6. The van der Waals surface area contributed by atoms with Crippen LogP contribution in [0.15, 0.2) is 33.7 Å². The van der Waals surface area contributed by atoms with Gasteiger partial charge in [-0.25, -0.2) is 0 Å². The summed E-state index contributed by atoms with van der Waals surface area (Å²) in [6.45, 7) is 3.00. The highest BCUT2D eigenvalue weighted by Crippen LogP contribution is 2.23. The Kier molecular flexibility index (Phi) is 4.38. The quantitative estimate of drug-likeness (QED) is 0.793. The minimum atomic E-state index is 0.700. The number of rotatable bonds is 7. The van der Waals surface area contributed by atoms with Crippen LogP contribution < -0.4 is 5.32 Å². The Morgan fingerprint density at radius 1 is 1.30 bits per heavy atom. The van der Waals surface area contributed by atoms with Gasteiger partial charge in [0, 0.05) is 23.9 Å². The molecule has 3 rings (SSSR count). The molecule has 1 saturated carbocycles. The van der Waals surface area contributed by atoms with E-state index < -0.39 is 0 Å². The largest absolute Gasteiger partial charge is 0.338 e. The second-order valence-electron chi connectivity index (χ2n) is 5.05. The number of hydrogen-bond donors (Lipinski definition) is 1. The number of nitrogens with one attached hydrogen (secondary N) is 1. The second kappa shape index (κ2) is 6.41. The summed E-state index contributed by atoms with van der Waals surface area (Å²) in [5, 5.41) is 7.42. The Hall–Kier alpha value is -1.33. The van der Waals surface area contributed by atoms with E-state index in [4.69, 9.17) is 4.52 Å². The minimum absolute atomic E-state index is 0.700. The fourth-order valence-corrected chi connectivity index (χ4v) is 2.63. The molecule has 2 aromatic rings. The highest BCUT2D eigenvalue weighted by Gasteiger charge is 2.19. The van der Waals surface area contributed by atoms with Gasteiger partial charge in [-0.05, 0) is 30.5 Å². The van der Waals surface area contributed by atoms with Crippen LogP contribution in [0.5, 0.6) is 0 Å². The van der Waals surface area contributed by atoms with Crippen molar-refractivity contribution in [1.82, 2.24) is 15.5 Å². The van der Waals surface area contributed by atoms with E-state index in [9.17, 15) is 0 Å². The van der Waals surface area contributed by atoms with Gasteiger partial charge in [0.25, 0.3) is 0 Å². The number of benzene rings is 1. The van der Waals surface area contributed by atoms with Gasteiger partial charge in [0.2, 0.25) is 5.89 Å². The first-order valence-corrected chi connectivity index (χ1v) is 8.08. The van der Waals surface area contributed by atoms with Crippen molar-refractivity contribution in [2.24, 2.45) is 0 Å². The Morgan fingerprint density at radius 3 is 2.75 bits per heavy atom. The molecular formula is C15H19N3OS. The first-order chi connectivity index (χ1) is 9.83. The maximum atomic E-state index is 5.18. The third-order valence-corrected chi connectivity index (χ3v) is 4.28. The van der Waals surface area contributed by atoms with Gasteiger partial charge in [0.1, 0.15) is 0 Å². The summed E-state index contributed by atoms with van der Waals surface area (Å²) in [5.41, 5.74) is 1.34. The van der Waals surface area contributed by atoms with Crippen LogP contribution in [0.25, 0.3) is 0 Å². The van der Waals surface area contributed by atoms with E-state index in [0.29, 0.717) is 5.89 Å². The number of thioether (sulfide) groups is 1. The lowest BCUT2D eigenvalue weighted by Crippen LogP contribution is -2.14. The first-order valence-electron chi connectivity index (χ1n) is 7.10. The normalized spacial score (nSPS) is 14.7. The van der Waals surface area contributed by atoms with Crippen LogP contribution in [0, 0.1) is 0 Å². The maximum absolute atomic E-state index is 5.18. The standard InChI is InChI=1S/C15H19N3OS/c1-2-14-17-15(19-18-14)10-20-13-7-3-11(4-8-13)9-16-12-5-6-12/h3-4,7-8,12,16H,2,5-6,9-10H2,1H3. The summed E-state index contributed by atoms with van der Waals surface area (Å²) >= 11 is 1.73. The fraction of sp³-hybridized carbons (Fsp3) is 0.467. The van der Waals surface area contributed by atoms with Crippen molar-refractivity contribution < 1.29 is 4.52 Å². The molecule has 1 aromatic carbocycles. The van der Waals surface area contributed by atoms with Gasteiger partial charge in [-0.3, -0.25) is 0 Å².